The van der Waals surface area contributed by atoms with E-state index in [4.69, 9.17) is 4.42 Å². The summed E-state index contributed by atoms with van der Waals surface area (Å²) in [7, 11) is 0. The van der Waals surface area contributed by atoms with Crippen LogP contribution in [-0.4, -0.2) is 29.0 Å². The zero-order chi connectivity index (χ0) is 21.3. The molecule has 6 heteroatoms. The highest BCUT2D eigenvalue weighted by Crippen LogP contribution is 2.23. The normalized spacial score (nSPS) is 12.8. The summed E-state index contributed by atoms with van der Waals surface area (Å²) in [5, 5.41) is 6.78. The van der Waals surface area contributed by atoms with Crippen LogP contribution in [0.4, 0.5) is 0 Å². The minimum absolute atomic E-state index is 0.350. The van der Waals surface area contributed by atoms with Gasteiger partial charge in [-0.15, -0.1) is 0 Å². The van der Waals surface area contributed by atoms with Gasteiger partial charge in [0.2, 0.25) is 5.89 Å². The summed E-state index contributed by atoms with van der Waals surface area (Å²) in [6.07, 6.45) is 5.43. The quantitative estimate of drug-likeness (QED) is 0.425. The lowest BCUT2D eigenvalue weighted by molar-refractivity contribution is 0.487. The average molecular weight is 406 g/mol. The summed E-state index contributed by atoms with van der Waals surface area (Å²) in [6.45, 7) is 10.6. The second-order valence-corrected chi connectivity index (χ2v) is 7.72. The number of pyridine rings is 1. The van der Waals surface area contributed by atoms with Crippen molar-refractivity contribution >= 4 is 5.96 Å². The Morgan fingerprint density at radius 2 is 1.93 bits per heavy atom. The monoisotopic (exact) mass is 405 g/mol. The third-order valence-corrected chi connectivity index (χ3v) is 5.00. The van der Waals surface area contributed by atoms with E-state index in [1.54, 1.807) is 6.26 Å². The number of aryl methyl sites for hydroxylation is 1. The maximum absolute atomic E-state index is 5.64. The van der Waals surface area contributed by atoms with Gasteiger partial charge in [-0.2, -0.15) is 0 Å². The van der Waals surface area contributed by atoms with E-state index in [9.17, 15) is 0 Å². The van der Waals surface area contributed by atoms with Crippen LogP contribution in [-0.2, 0) is 6.54 Å². The zero-order valence-electron chi connectivity index (χ0n) is 18.2. The largest absolute Gasteiger partial charge is 0.444 e. The predicted molar refractivity (Wildman–Crippen MR) is 121 cm³/mol. The molecule has 0 bridgehead atoms. The Balaban J connectivity index is 1.65. The van der Waals surface area contributed by atoms with E-state index >= 15 is 0 Å². The number of nitrogens with zero attached hydrogens (tertiary/aromatic N) is 3. The van der Waals surface area contributed by atoms with E-state index in [-0.39, 0.29) is 0 Å². The number of hydrogen-bond acceptors (Lipinski definition) is 4. The summed E-state index contributed by atoms with van der Waals surface area (Å²) in [4.78, 5) is 13.5. The fraction of sp³-hybridized carbons (Fsp3) is 0.375. The van der Waals surface area contributed by atoms with E-state index in [0.717, 1.165) is 30.3 Å². The van der Waals surface area contributed by atoms with Crippen molar-refractivity contribution in [2.45, 2.75) is 40.2 Å². The van der Waals surface area contributed by atoms with Crippen LogP contribution in [0, 0.1) is 12.8 Å². The van der Waals surface area contributed by atoms with Crippen LogP contribution in [0.15, 0.2) is 64.5 Å². The minimum atomic E-state index is 0.350. The first-order valence-electron chi connectivity index (χ1n) is 10.5. The summed E-state index contributed by atoms with van der Waals surface area (Å²) >= 11 is 0. The van der Waals surface area contributed by atoms with Crippen LogP contribution in [0.3, 0.4) is 0 Å². The molecule has 6 nitrogen and oxygen atoms in total. The van der Waals surface area contributed by atoms with Gasteiger partial charge in [-0.25, -0.2) is 9.98 Å². The van der Waals surface area contributed by atoms with E-state index in [1.807, 2.05) is 30.6 Å². The molecule has 0 aliphatic rings. The summed E-state index contributed by atoms with van der Waals surface area (Å²) < 4.78 is 5.64. The van der Waals surface area contributed by atoms with Gasteiger partial charge in [0.15, 0.2) is 5.96 Å². The van der Waals surface area contributed by atoms with Gasteiger partial charge in [-0.05, 0) is 43.5 Å². The molecule has 158 valence electrons. The molecular weight excluding hydrogens is 374 g/mol. The maximum Gasteiger partial charge on any atom is 0.226 e. The first-order chi connectivity index (χ1) is 14.6. The molecule has 0 amide bonds. The number of oxazole rings is 1. The van der Waals surface area contributed by atoms with Crippen LogP contribution >= 0.6 is 0 Å². The highest BCUT2D eigenvalue weighted by molar-refractivity contribution is 5.79. The molecule has 1 atom stereocenters. The zero-order valence-corrected chi connectivity index (χ0v) is 18.2. The molecule has 3 aromatic rings. The lowest BCUT2D eigenvalue weighted by atomic mass is 9.89. The first-order valence-corrected chi connectivity index (χ1v) is 10.5. The molecule has 2 N–H and O–H groups in total. The van der Waals surface area contributed by atoms with Gasteiger partial charge >= 0.3 is 0 Å². The molecule has 2 heterocycles. The standard InChI is InChI=1S/C24H31N5O/c1-5-26-24(28-15-22(17(2)3)20-7-6-12-25-13-20)27-14-21-16-30-23(29-21)19-10-8-18(4)9-11-19/h6-13,16-17,22H,5,14-15H2,1-4H3,(H2,26,27,28). The smallest absolute Gasteiger partial charge is 0.226 e. The van der Waals surface area contributed by atoms with Crippen LogP contribution in [0.2, 0.25) is 0 Å². The topological polar surface area (TPSA) is 75.3 Å². The van der Waals surface area contributed by atoms with Crippen LogP contribution in [0.5, 0.6) is 0 Å². The van der Waals surface area contributed by atoms with Crippen molar-refractivity contribution in [3.8, 4) is 11.5 Å². The van der Waals surface area contributed by atoms with Crippen molar-refractivity contribution in [2.24, 2.45) is 10.9 Å². The van der Waals surface area contributed by atoms with Gasteiger partial charge in [-0.3, -0.25) is 4.98 Å². The molecule has 0 spiro atoms. The van der Waals surface area contributed by atoms with Gasteiger partial charge in [-0.1, -0.05) is 37.6 Å². The van der Waals surface area contributed by atoms with Gasteiger partial charge < -0.3 is 15.1 Å². The second kappa shape index (κ2) is 10.6. The number of aromatic nitrogens is 2. The third kappa shape index (κ3) is 5.92. The summed E-state index contributed by atoms with van der Waals surface area (Å²) in [5.41, 5.74) is 4.21. The molecular formula is C24H31N5O. The van der Waals surface area contributed by atoms with Crippen molar-refractivity contribution in [1.29, 1.82) is 0 Å². The van der Waals surface area contributed by atoms with Crippen LogP contribution in [0.25, 0.3) is 11.5 Å². The Hall–Kier alpha value is -3.15. The first kappa shape index (κ1) is 21.6. The molecule has 3 rings (SSSR count). The molecule has 0 saturated heterocycles. The van der Waals surface area contributed by atoms with Crippen LogP contribution < -0.4 is 10.6 Å². The number of hydrogen-bond donors (Lipinski definition) is 2. The second-order valence-electron chi connectivity index (χ2n) is 7.72. The van der Waals surface area contributed by atoms with Gasteiger partial charge in [0.1, 0.15) is 12.0 Å². The molecule has 0 aliphatic heterocycles. The lowest BCUT2D eigenvalue weighted by Gasteiger charge is -2.22. The van der Waals surface area contributed by atoms with Crippen molar-refractivity contribution in [1.82, 2.24) is 20.6 Å². The highest BCUT2D eigenvalue weighted by Gasteiger charge is 2.16. The van der Waals surface area contributed by atoms with Crippen molar-refractivity contribution in [3.05, 3.63) is 71.9 Å². The molecule has 1 aromatic carbocycles. The highest BCUT2D eigenvalue weighted by atomic mass is 16.3. The molecule has 0 radical (unpaired) electrons. The van der Waals surface area contributed by atoms with Crippen molar-refractivity contribution < 1.29 is 4.42 Å². The fourth-order valence-electron chi connectivity index (χ4n) is 3.25. The van der Waals surface area contributed by atoms with E-state index in [0.29, 0.717) is 24.3 Å². The Bertz CT molecular complexity index is 932. The van der Waals surface area contributed by atoms with Crippen molar-refractivity contribution in [2.75, 3.05) is 13.1 Å². The van der Waals surface area contributed by atoms with Gasteiger partial charge in [0.25, 0.3) is 0 Å². The van der Waals surface area contributed by atoms with E-state index in [1.165, 1.54) is 11.1 Å². The van der Waals surface area contributed by atoms with Gasteiger partial charge in [0.05, 0.1) is 6.54 Å². The number of nitrogens with one attached hydrogen (secondary N) is 2. The fourth-order valence-corrected chi connectivity index (χ4v) is 3.25. The maximum atomic E-state index is 5.64. The average Bonchev–Trinajstić information content (AvgIpc) is 3.22. The molecule has 0 saturated carbocycles. The Morgan fingerprint density at radius 3 is 2.60 bits per heavy atom. The molecule has 2 aromatic heterocycles. The number of benzene rings is 1. The molecule has 0 aliphatic carbocycles. The summed E-state index contributed by atoms with van der Waals surface area (Å²) in [5.74, 6) is 2.22. The van der Waals surface area contributed by atoms with E-state index in [2.05, 4.69) is 71.5 Å². The lowest BCUT2D eigenvalue weighted by Crippen LogP contribution is -2.40. The summed E-state index contributed by atoms with van der Waals surface area (Å²) in [6, 6.07) is 12.3. The molecule has 1 unspecified atom stereocenters. The van der Waals surface area contributed by atoms with Crippen LogP contribution in [0.1, 0.15) is 43.5 Å². The number of rotatable bonds is 8. The van der Waals surface area contributed by atoms with Gasteiger partial charge in [0, 0.05) is 37.0 Å². The predicted octanol–water partition coefficient (Wildman–Crippen LogP) is 4.54. The number of aliphatic imine (C=N–C) groups is 1. The Kier molecular flexibility index (Phi) is 7.60. The van der Waals surface area contributed by atoms with Crippen molar-refractivity contribution in [3.63, 3.8) is 0 Å². The number of guanidine groups is 1. The Morgan fingerprint density at radius 1 is 1.13 bits per heavy atom. The third-order valence-electron chi connectivity index (χ3n) is 5.00. The minimum Gasteiger partial charge on any atom is -0.444 e. The van der Waals surface area contributed by atoms with E-state index < -0.39 is 0 Å². The SMILES string of the molecule is CCNC(=NCc1coc(-c2ccc(C)cc2)n1)NCC(c1cccnc1)C(C)C. The molecule has 0 fully saturated rings. The Labute approximate surface area is 178 Å². The molecule has 30 heavy (non-hydrogen) atoms.